The van der Waals surface area contributed by atoms with Crippen LogP contribution in [0.25, 0.3) is 116 Å². The SMILES string of the molecule is CC(C)c1ccc2c(c1)CN(c1c(C#N)c3cc(N4C=CC=C5C(c6ccccc6)=CC=CC54)c4oc5c(C(C)C)cccc5c4c3c3c1cc(N(c1ccccc1)c1ccc(-c4ccccc4)cc1)c1c4cccc(-c5cccc(-c6ccccc6)c5)c4oc13)c1ccccc1-2. The number of allylic oxidation sites excluding steroid dienone is 4. The number of benzene rings is 13. The van der Waals surface area contributed by atoms with E-state index < -0.39 is 0 Å². The first kappa shape index (κ1) is 57.5. The molecule has 0 saturated carbocycles. The van der Waals surface area contributed by atoms with Gasteiger partial charge in [0.2, 0.25) is 0 Å². The normalized spacial score (nSPS) is 14.2. The smallest absolute Gasteiger partial charge is 0.159 e. The molecule has 1 aliphatic carbocycles. The number of rotatable bonds is 11. The Labute approximate surface area is 564 Å². The van der Waals surface area contributed by atoms with Crippen molar-refractivity contribution in [3.05, 3.63) is 331 Å². The van der Waals surface area contributed by atoms with Crippen molar-refractivity contribution in [3.8, 4) is 50.6 Å². The summed E-state index contributed by atoms with van der Waals surface area (Å²) in [6.45, 7) is 9.52. The molecule has 6 nitrogen and oxygen atoms in total. The summed E-state index contributed by atoms with van der Waals surface area (Å²) >= 11 is 0. The summed E-state index contributed by atoms with van der Waals surface area (Å²) < 4.78 is 15.8. The molecule has 0 amide bonds. The van der Waals surface area contributed by atoms with Crippen LogP contribution in [0.1, 0.15) is 67.3 Å². The Kier molecular flexibility index (Phi) is 13.7. The number of fused-ring (bicyclic) bond motifs is 15. The summed E-state index contributed by atoms with van der Waals surface area (Å²) in [5.74, 6) is 0.431. The van der Waals surface area contributed by atoms with E-state index in [9.17, 15) is 5.26 Å². The van der Waals surface area contributed by atoms with Crippen LogP contribution in [0.15, 0.2) is 312 Å². The molecule has 4 heterocycles. The number of anilines is 6. The molecule has 6 heteroatoms. The Morgan fingerprint density at radius 3 is 1.80 bits per heavy atom. The maximum Gasteiger partial charge on any atom is 0.159 e. The summed E-state index contributed by atoms with van der Waals surface area (Å²) in [7, 11) is 0. The third-order valence-corrected chi connectivity index (χ3v) is 20.3. The first-order valence-corrected chi connectivity index (χ1v) is 33.7. The molecule has 97 heavy (non-hydrogen) atoms. The number of hydrogen-bond donors (Lipinski definition) is 0. The molecule has 13 aromatic carbocycles. The zero-order valence-corrected chi connectivity index (χ0v) is 54.3. The summed E-state index contributed by atoms with van der Waals surface area (Å²) in [5, 5.41) is 20.1. The van der Waals surface area contributed by atoms with Gasteiger partial charge in [0, 0.05) is 78.6 Å². The molecule has 0 bridgehead atoms. The van der Waals surface area contributed by atoms with E-state index >= 15 is 0 Å². The molecule has 0 spiro atoms. The van der Waals surface area contributed by atoms with Crippen molar-refractivity contribution in [3.63, 3.8) is 0 Å². The van der Waals surface area contributed by atoms with Crippen molar-refractivity contribution in [2.45, 2.75) is 52.1 Å². The molecule has 3 aliphatic rings. The van der Waals surface area contributed by atoms with Crippen LogP contribution < -0.4 is 14.7 Å². The molecule has 15 aromatic rings. The molecule has 1 atom stereocenters. The maximum atomic E-state index is 12.8. The fraction of sp³-hybridized carbons (Fsp3) is 0.0879. The summed E-state index contributed by atoms with van der Waals surface area (Å²) in [4.78, 5) is 7.20. The van der Waals surface area contributed by atoms with Crippen molar-refractivity contribution in [2.24, 2.45) is 0 Å². The number of para-hydroxylation sites is 4. The molecule has 462 valence electrons. The van der Waals surface area contributed by atoms with Crippen LogP contribution in [0.3, 0.4) is 0 Å². The zero-order chi connectivity index (χ0) is 65.0. The van der Waals surface area contributed by atoms with Gasteiger partial charge in [-0.15, -0.1) is 0 Å². The van der Waals surface area contributed by atoms with Gasteiger partial charge in [-0.05, 0) is 133 Å². The van der Waals surface area contributed by atoms with Crippen LogP contribution in [0, 0.1) is 11.3 Å². The summed E-state index contributed by atoms with van der Waals surface area (Å²) in [6.07, 6.45) is 13.3. The Bertz CT molecular complexity index is 5870. The van der Waals surface area contributed by atoms with E-state index in [1.54, 1.807) is 0 Å². The van der Waals surface area contributed by atoms with Crippen molar-refractivity contribution >= 4 is 105 Å². The van der Waals surface area contributed by atoms with Gasteiger partial charge in [-0.2, -0.15) is 5.26 Å². The van der Waals surface area contributed by atoms with Crippen LogP contribution >= 0.6 is 0 Å². The van der Waals surface area contributed by atoms with E-state index in [1.165, 1.54) is 22.3 Å². The van der Waals surface area contributed by atoms with Gasteiger partial charge in [0.25, 0.3) is 0 Å². The molecular formula is C91H66N4O2. The monoisotopic (exact) mass is 1250 g/mol. The Morgan fingerprint density at radius 2 is 1.06 bits per heavy atom. The number of nitrogens with zero attached hydrogens (tertiary/aromatic N) is 4. The fourth-order valence-electron chi connectivity index (χ4n) is 15.7. The largest absolute Gasteiger partial charge is 0.455 e. The van der Waals surface area contributed by atoms with E-state index in [2.05, 4.69) is 346 Å². The molecule has 0 fully saturated rings. The van der Waals surface area contributed by atoms with Gasteiger partial charge in [-0.3, -0.25) is 0 Å². The van der Waals surface area contributed by atoms with Crippen molar-refractivity contribution < 1.29 is 8.83 Å². The summed E-state index contributed by atoms with van der Waals surface area (Å²) in [6, 6.07) is 96.8. The lowest BCUT2D eigenvalue weighted by atomic mass is 9.85. The molecule has 2 aliphatic heterocycles. The highest BCUT2D eigenvalue weighted by Crippen LogP contribution is 2.58. The second-order valence-electron chi connectivity index (χ2n) is 26.5. The van der Waals surface area contributed by atoms with Crippen LogP contribution in [0.2, 0.25) is 0 Å². The third kappa shape index (κ3) is 9.29. The molecule has 2 aromatic heterocycles. The molecule has 0 N–H and O–H groups in total. The van der Waals surface area contributed by atoms with Gasteiger partial charge in [0.05, 0.1) is 34.1 Å². The second kappa shape index (κ2) is 23.1. The lowest BCUT2D eigenvalue weighted by molar-refractivity contribution is 0.655. The number of nitriles is 1. The van der Waals surface area contributed by atoms with E-state index in [4.69, 9.17) is 8.83 Å². The molecule has 18 rings (SSSR count). The molecule has 0 saturated heterocycles. The summed E-state index contributed by atoms with van der Waals surface area (Å²) in [5.41, 5.74) is 25.0. The second-order valence-corrected chi connectivity index (χ2v) is 26.5. The highest BCUT2D eigenvalue weighted by molar-refractivity contribution is 6.39. The highest BCUT2D eigenvalue weighted by Gasteiger charge is 2.36. The number of furan rings is 2. The average molecular weight is 1250 g/mol. The minimum absolute atomic E-state index is 0.133. The van der Waals surface area contributed by atoms with Gasteiger partial charge in [-0.25, -0.2) is 0 Å². The quantitative estimate of drug-likeness (QED) is 0.120. The predicted molar refractivity (Wildman–Crippen MR) is 405 cm³/mol. The van der Waals surface area contributed by atoms with E-state index in [0.717, 1.165) is 150 Å². The predicted octanol–water partition coefficient (Wildman–Crippen LogP) is 25.0. The standard InChI is InChI=1S/C91H66N4O2/c1-56(2)62-45-48-70-65(50-62)55-94(80-41-18-17-34-72(70)80)87-77-53-81(95(66-32-15-8-16-33-66)67-46-43-60(44-47-67)58-24-9-5-10-25-58)83-74-38-21-37-71(64-31-19-30-63(51-64)59-26-11-6-12-27-59)89(74)97-91(83)86(77)84-76(78(87)54-92)52-82(90-85(84)75-39-20-35-68(57(3)4)88(75)96-90)93-49-23-40-73-69(36-22-42-79(73)93)61-28-13-7-14-29-61/h5-53,56-57,79H,55H2,1-4H3. The van der Waals surface area contributed by atoms with Gasteiger partial charge in [0.1, 0.15) is 22.8 Å². The third-order valence-electron chi connectivity index (χ3n) is 20.3. The van der Waals surface area contributed by atoms with Crippen LogP contribution in [0.4, 0.5) is 34.1 Å². The molecule has 0 radical (unpaired) electrons. The average Bonchev–Trinajstić information content (AvgIpc) is 1.54. The van der Waals surface area contributed by atoms with E-state index in [-0.39, 0.29) is 12.0 Å². The van der Waals surface area contributed by atoms with Gasteiger partial charge in [-0.1, -0.05) is 264 Å². The minimum Gasteiger partial charge on any atom is -0.455 e. The Morgan fingerprint density at radius 1 is 0.443 bits per heavy atom. The first-order valence-electron chi connectivity index (χ1n) is 33.7. The highest BCUT2D eigenvalue weighted by atomic mass is 16.3. The van der Waals surface area contributed by atoms with E-state index in [1.807, 2.05) is 0 Å². The lowest BCUT2D eigenvalue weighted by Gasteiger charge is -2.36. The van der Waals surface area contributed by atoms with Crippen LogP contribution in [0.5, 0.6) is 0 Å². The Hall–Kier alpha value is -12.2. The van der Waals surface area contributed by atoms with Gasteiger partial charge >= 0.3 is 0 Å². The molecular weight excluding hydrogens is 1180 g/mol. The van der Waals surface area contributed by atoms with Crippen molar-refractivity contribution in [1.82, 2.24) is 0 Å². The Balaban J connectivity index is 1.03. The lowest BCUT2D eigenvalue weighted by Crippen LogP contribution is -2.34. The van der Waals surface area contributed by atoms with Gasteiger partial charge in [0.15, 0.2) is 5.58 Å². The van der Waals surface area contributed by atoms with Gasteiger partial charge < -0.3 is 23.5 Å². The zero-order valence-electron chi connectivity index (χ0n) is 54.3. The molecule has 1 unspecified atom stereocenters. The maximum absolute atomic E-state index is 12.8. The number of hydrogen-bond acceptors (Lipinski definition) is 6. The van der Waals surface area contributed by atoms with Crippen molar-refractivity contribution in [1.29, 1.82) is 5.26 Å². The van der Waals surface area contributed by atoms with Crippen LogP contribution in [-0.4, -0.2) is 6.04 Å². The topological polar surface area (TPSA) is 59.8 Å². The fourth-order valence-corrected chi connectivity index (χ4v) is 15.7. The minimum atomic E-state index is -0.205. The first-order chi connectivity index (χ1) is 47.8. The van der Waals surface area contributed by atoms with Crippen molar-refractivity contribution in [2.75, 3.05) is 14.7 Å². The van der Waals surface area contributed by atoms with E-state index in [0.29, 0.717) is 23.6 Å². The van der Waals surface area contributed by atoms with Crippen LogP contribution in [-0.2, 0) is 6.54 Å².